The Morgan fingerprint density at radius 2 is 1.69 bits per heavy atom. The number of hydrogen-bond donors (Lipinski definition) is 2. The average molecular weight is 715 g/mol. The SMILES string of the molecule is C=CCN/C=C(\B(/C=C/C=C1\C(=C)C(C)CCC1C)c1cc2cc(C(C)(C)C)ccc2s1)C(CC(=C)C)N/C=C/C1=C(C=C)C(C)(C)CCC1(C)C. The molecule has 1 saturated carbocycles. The molecule has 3 unspecified atom stereocenters. The van der Waals surface area contributed by atoms with E-state index in [9.17, 15) is 0 Å². The van der Waals surface area contributed by atoms with Crippen LogP contribution in [0.5, 0.6) is 0 Å². The molecule has 0 bridgehead atoms. The van der Waals surface area contributed by atoms with E-state index in [0.29, 0.717) is 18.4 Å². The highest BCUT2D eigenvalue weighted by Gasteiger charge is 2.37. The molecule has 1 aromatic heterocycles. The highest BCUT2D eigenvalue weighted by atomic mass is 32.1. The lowest BCUT2D eigenvalue weighted by atomic mass is 9.41. The zero-order valence-corrected chi connectivity index (χ0v) is 35.0. The minimum atomic E-state index is 0.0137. The molecular formula is C48H67BN2S. The van der Waals surface area contributed by atoms with E-state index in [0.717, 1.165) is 24.8 Å². The number of thiophene rings is 1. The zero-order valence-electron chi connectivity index (χ0n) is 34.2. The minimum absolute atomic E-state index is 0.0137. The number of fused-ring (bicyclic) bond motifs is 1. The van der Waals surface area contributed by atoms with Gasteiger partial charge in [-0.2, -0.15) is 0 Å². The van der Waals surface area contributed by atoms with E-state index in [4.69, 9.17) is 0 Å². The van der Waals surface area contributed by atoms with Crippen molar-refractivity contribution in [2.75, 3.05) is 6.54 Å². The second kappa shape index (κ2) is 17.1. The van der Waals surface area contributed by atoms with Crippen molar-refractivity contribution in [2.45, 2.75) is 113 Å². The number of nitrogens with one attached hydrogen (secondary N) is 2. The summed E-state index contributed by atoms with van der Waals surface area (Å²) >= 11 is 1.90. The van der Waals surface area contributed by atoms with Crippen LogP contribution in [0.25, 0.3) is 10.1 Å². The third kappa shape index (κ3) is 9.92. The van der Waals surface area contributed by atoms with Gasteiger partial charge in [-0.3, -0.25) is 0 Å². The van der Waals surface area contributed by atoms with Gasteiger partial charge in [0.15, 0.2) is 0 Å². The molecule has 52 heavy (non-hydrogen) atoms. The summed E-state index contributed by atoms with van der Waals surface area (Å²) < 4.78 is 2.65. The molecule has 4 heteroatoms. The smallest absolute Gasteiger partial charge is 0.246 e. The average Bonchev–Trinajstić information content (AvgIpc) is 3.49. The van der Waals surface area contributed by atoms with Crippen LogP contribution >= 0.6 is 11.3 Å². The maximum atomic E-state index is 4.52. The van der Waals surface area contributed by atoms with Gasteiger partial charge >= 0.3 is 0 Å². The Hall–Kier alpha value is -3.50. The number of hydrogen-bond acceptors (Lipinski definition) is 3. The maximum absolute atomic E-state index is 4.52. The van der Waals surface area contributed by atoms with Crippen molar-refractivity contribution < 1.29 is 0 Å². The van der Waals surface area contributed by atoms with Gasteiger partial charge in [-0.25, -0.2) is 0 Å². The van der Waals surface area contributed by atoms with Crippen LogP contribution in [0.2, 0.25) is 0 Å². The Morgan fingerprint density at radius 1 is 1.02 bits per heavy atom. The summed E-state index contributed by atoms with van der Waals surface area (Å²) in [5, 5.41) is 8.80. The molecule has 2 aliphatic carbocycles. The summed E-state index contributed by atoms with van der Waals surface area (Å²) in [6, 6.07) is 9.43. The van der Waals surface area contributed by atoms with Gasteiger partial charge < -0.3 is 10.6 Å². The van der Waals surface area contributed by atoms with Crippen LogP contribution in [-0.4, -0.2) is 19.3 Å². The highest BCUT2D eigenvalue weighted by Crippen LogP contribution is 2.49. The minimum Gasteiger partial charge on any atom is -0.388 e. The van der Waals surface area contributed by atoms with Crippen molar-refractivity contribution >= 4 is 32.9 Å². The predicted molar refractivity (Wildman–Crippen MR) is 236 cm³/mol. The molecule has 0 amide bonds. The molecule has 0 aliphatic heterocycles. The van der Waals surface area contributed by atoms with Crippen LogP contribution in [0.15, 0.2) is 133 Å². The largest absolute Gasteiger partial charge is 0.388 e. The molecule has 3 atom stereocenters. The van der Waals surface area contributed by atoms with Crippen LogP contribution in [0.4, 0.5) is 0 Å². The summed E-state index contributed by atoms with van der Waals surface area (Å²) in [7, 11) is 0. The van der Waals surface area contributed by atoms with Crippen LogP contribution in [0.1, 0.15) is 107 Å². The van der Waals surface area contributed by atoms with E-state index in [2.05, 4.69) is 173 Å². The Labute approximate surface area is 322 Å². The second-order valence-electron chi connectivity index (χ2n) is 17.9. The van der Waals surface area contributed by atoms with Crippen molar-refractivity contribution in [3.05, 3.63) is 138 Å². The van der Waals surface area contributed by atoms with Gasteiger partial charge in [-0.15, -0.1) is 30.5 Å². The third-order valence-electron chi connectivity index (χ3n) is 11.5. The first-order chi connectivity index (χ1) is 24.4. The van der Waals surface area contributed by atoms with Crippen molar-refractivity contribution in [1.82, 2.24) is 10.6 Å². The predicted octanol–water partition coefficient (Wildman–Crippen LogP) is 12.5. The molecule has 1 heterocycles. The molecule has 4 rings (SSSR count). The summed E-state index contributed by atoms with van der Waals surface area (Å²) in [6.07, 6.45) is 20.9. The molecule has 2 N–H and O–H groups in total. The lowest BCUT2D eigenvalue weighted by molar-refractivity contribution is 0.273. The molecule has 2 aromatic rings. The fourth-order valence-electron chi connectivity index (χ4n) is 7.89. The van der Waals surface area contributed by atoms with E-state index in [-0.39, 0.29) is 29.0 Å². The maximum Gasteiger partial charge on any atom is 0.246 e. The van der Waals surface area contributed by atoms with Crippen LogP contribution in [0.3, 0.4) is 0 Å². The summed E-state index contributed by atoms with van der Waals surface area (Å²) in [5.74, 6) is 3.45. The Morgan fingerprint density at radius 3 is 2.33 bits per heavy atom. The number of benzene rings is 1. The molecule has 2 nitrogen and oxygen atoms in total. The van der Waals surface area contributed by atoms with Gasteiger partial charge in [0.05, 0.1) is 0 Å². The molecule has 278 valence electrons. The van der Waals surface area contributed by atoms with E-state index >= 15 is 0 Å². The number of allylic oxidation sites excluding steroid dienone is 8. The van der Waals surface area contributed by atoms with Gasteiger partial charge in [-0.1, -0.05) is 117 Å². The fraction of sp³-hybridized carbons (Fsp3) is 0.458. The lowest BCUT2D eigenvalue weighted by Gasteiger charge is -2.42. The van der Waals surface area contributed by atoms with Crippen LogP contribution < -0.4 is 15.4 Å². The van der Waals surface area contributed by atoms with Gasteiger partial charge in [0.2, 0.25) is 6.71 Å². The van der Waals surface area contributed by atoms with Crippen LogP contribution in [0, 0.1) is 22.7 Å². The number of rotatable bonds is 14. The van der Waals surface area contributed by atoms with Crippen LogP contribution in [-0.2, 0) is 5.41 Å². The summed E-state index contributed by atoms with van der Waals surface area (Å²) in [4.78, 5) is 0. The van der Waals surface area contributed by atoms with Gasteiger partial charge in [0.1, 0.15) is 0 Å². The first kappa shape index (κ1) is 41.3. The quantitative estimate of drug-likeness (QED) is 0.116. The molecule has 0 saturated heterocycles. The zero-order chi connectivity index (χ0) is 38.4. The molecule has 2 aliphatic rings. The highest BCUT2D eigenvalue weighted by molar-refractivity contribution is 7.30. The lowest BCUT2D eigenvalue weighted by Crippen LogP contribution is -2.41. The molecule has 1 fully saturated rings. The molecular weight excluding hydrogens is 647 g/mol. The Bertz CT molecular complexity index is 1800. The third-order valence-corrected chi connectivity index (χ3v) is 12.7. The topological polar surface area (TPSA) is 24.1 Å². The fourth-order valence-corrected chi connectivity index (χ4v) is 9.04. The Kier molecular flexibility index (Phi) is 13.6. The van der Waals surface area contributed by atoms with Gasteiger partial charge in [-0.05, 0) is 142 Å². The van der Waals surface area contributed by atoms with Crippen molar-refractivity contribution in [1.29, 1.82) is 0 Å². The van der Waals surface area contributed by atoms with E-state index in [1.165, 1.54) is 61.0 Å². The summed E-state index contributed by atoms with van der Waals surface area (Å²) in [5.41, 5.74) is 9.43. The van der Waals surface area contributed by atoms with E-state index in [1.54, 1.807) is 0 Å². The van der Waals surface area contributed by atoms with E-state index in [1.807, 2.05) is 17.4 Å². The normalized spacial score (nSPS) is 22.3. The van der Waals surface area contributed by atoms with E-state index < -0.39 is 0 Å². The second-order valence-corrected chi connectivity index (χ2v) is 19.0. The van der Waals surface area contributed by atoms with Crippen molar-refractivity contribution in [3.8, 4) is 0 Å². The monoisotopic (exact) mass is 715 g/mol. The van der Waals surface area contributed by atoms with Crippen molar-refractivity contribution in [3.63, 3.8) is 0 Å². The molecule has 0 radical (unpaired) electrons. The van der Waals surface area contributed by atoms with Crippen molar-refractivity contribution in [2.24, 2.45) is 22.7 Å². The molecule has 0 spiro atoms. The Balaban J connectivity index is 1.87. The van der Waals surface area contributed by atoms with Gasteiger partial charge in [0, 0.05) is 17.3 Å². The summed E-state index contributed by atoms with van der Waals surface area (Å²) in [6.45, 7) is 41.0. The first-order valence-electron chi connectivity index (χ1n) is 19.5. The first-order valence-corrected chi connectivity index (χ1v) is 20.3. The standard InChI is InChI=1S/C48H67BN2S/c1-15-27-50-32-42(43(29-33(3)4)51-28-23-41-40(16-2)47(11,12)24-25-48(41,13)14)49(26-17-18-39-35(6)20-19-34(5)36(39)7)45-31-37-30-38(46(8,9)10)21-22-44(37)52-45/h15-18,21-23,26,28,30-32,34-35,43,50-51H,1-3,7,19-20,24-25,27,29H2,4-6,8-14H3/b26-17+,28-23+,39-18-,42-32-. The molecule has 1 aromatic carbocycles. The van der Waals surface area contributed by atoms with Gasteiger partial charge in [0.25, 0.3) is 0 Å².